The number of halogens is 3. The topological polar surface area (TPSA) is 83.4 Å². The quantitative estimate of drug-likeness (QED) is 0.454. The number of fused-ring (bicyclic) bond motifs is 1. The molecule has 3 aromatic heterocycles. The van der Waals surface area contributed by atoms with Gasteiger partial charge in [0.05, 0.1) is 29.7 Å². The number of aromatic nitrogens is 5. The minimum atomic E-state index is -4.49. The fourth-order valence-electron chi connectivity index (χ4n) is 3.10. The van der Waals surface area contributed by atoms with Crippen molar-refractivity contribution in [3.8, 4) is 5.69 Å². The second kappa shape index (κ2) is 7.74. The Balaban J connectivity index is 1.47. The van der Waals surface area contributed by atoms with Crippen LogP contribution in [0.3, 0.4) is 0 Å². The van der Waals surface area contributed by atoms with Crippen LogP contribution in [0.2, 0.25) is 0 Å². The number of ether oxygens (including phenoxy) is 1. The second-order valence-corrected chi connectivity index (χ2v) is 6.67. The van der Waals surface area contributed by atoms with Crippen molar-refractivity contribution in [1.82, 2.24) is 24.0 Å². The standard InChI is InChI=1S/C20H16F3N5O3/c1-13-16(12-24-28(13)15-6-4-5-14(11-15)20(21,22)23)18(29)31-10-9-27-19(30)26-8-3-2-7-17(26)25-27/h2-8,11-12H,9-10H2,1H3. The number of esters is 1. The van der Waals surface area contributed by atoms with E-state index in [0.717, 1.165) is 12.1 Å². The molecule has 31 heavy (non-hydrogen) atoms. The highest BCUT2D eigenvalue weighted by Gasteiger charge is 2.30. The summed E-state index contributed by atoms with van der Waals surface area (Å²) in [4.78, 5) is 24.6. The summed E-state index contributed by atoms with van der Waals surface area (Å²) in [5, 5.41) is 8.16. The minimum absolute atomic E-state index is 0.0487. The van der Waals surface area contributed by atoms with Crippen molar-refractivity contribution in [3.05, 3.63) is 82.2 Å². The van der Waals surface area contributed by atoms with E-state index in [9.17, 15) is 22.8 Å². The lowest BCUT2D eigenvalue weighted by atomic mass is 10.2. The van der Waals surface area contributed by atoms with Crippen LogP contribution in [-0.4, -0.2) is 36.5 Å². The Labute approximate surface area is 173 Å². The number of carbonyl (C=O) groups excluding carboxylic acids is 1. The van der Waals surface area contributed by atoms with Gasteiger partial charge in [-0.3, -0.25) is 4.40 Å². The Bertz CT molecular complexity index is 1320. The summed E-state index contributed by atoms with van der Waals surface area (Å²) in [5.41, 5.74) is -0.101. The maximum absolute atomic E-state index is 13.0. The highest BCUT2D eigenvalue weighted by Crippen LogP contribution is 2.30. The van der Waals surface area contributed by atoms with Gasteiger partial charge in [0, 0.05) is 6.20 Å². The van der Waals surface area contributed by atoms with E-state index in [1.54, 1.807) is 31.3 Å². The Morgan fingerprint density at radius 1 is 1.16 bits per heavy atom. The number of alkyl halides is 3. The molecular weight excluding hydrogens is 415 g/mol. The fraction of sp³-hybridized carbons (Fsp3) is 0.200. The van der Waals surface area contributed by atoms with E-state index in [4.69, 9.17) is 4.74 Å². The third-order valence-corrected chi connectivity index (χ3v) is 4.67. The molecule has 0 aliphatic rings. The summed E-state index contributed by atoms with van der Waals surface area (Å²) in [5.74, 6) is -0.701. The van der Waals surface area contributed by atoms with Crippen LogP contribution in [0.15, 0.2) is 59.7 Å². The minimum Gasteiger partial charge on any atom is -0.460 e. The monoisotopic (exact) mass is 431 g/mol. The van der Waals surface area contributed by atoms with E-state index in [2.05, 4.69) is 10.2 Å². The van der Waals surface area contributed by atoms with Crippen molar-refractivity contribution < 1.29 is 22.7 Å². The third kappa shape index (κ3) is 3.93. The van der Waals surface area contributed by atoms with Gasteiger partial charge < -0.3 is 4.74 Å². The Hall–Kier alpha value is -3.89. The molecule has 0 amide bonds. The Morgan fingerprint density at radius 2 is 1.97 bits per heavy atom. The molecule has 0 aliphatic carbocycles. The first-order valence-corrected chi connectivity index (χ1v) is 9.19. The zero-order chi connectivity index (χ0) is 22.2. The van der Waals surface area contributed by atoms with Gasteiger partial charge in [-0.1, -0.05) is 12.1 Å². The van der Waals surface area contributed by atoms with Crippen molar-refractivity contribution >= 4 is 11.6 Å². The molecule has 0 saturated carbocycles. The first-order chi connectivity index (χ1) is 14.8. The van der Waals surface area contributed by atoms with Crippen molar-refractivity contribution in [2.75, 3.05) is 6.61 Å². The van der Waals surface area contributed by atoms with E-state index < -0.39 is 17.7 Å². The van der Waals surface area contributed by atoms with Gasteiger partial charge in [-0.15, -0.1) is 5.10 Å². The summed E-state index contributed by atoms with van der Waals surface area (Å²) >= 11 is 0. The van der Waals surface area contributed by atoms with Crippen LogP contribution in [0.1, 0.15) is 21.6 Å². The summed E-state index contributed by atoms with van der Waals surface area (Å²) in [7, 11) is 0. The number of carbonyl (C=O) groups is 1. The largest absolute Gasteiger partial charge is 0.460 e. The van der Waals surface area contributed by atoms with Gasteiger partial charge in [0.25, 0.3) is 0 Å². The van der Waals surface area contributed by atoms with Gasteiger partial charge in [0.15, 0.2) is 5.65 Å². The molecule has 11 heteroatoms. The van der Waals surface area contributed by atoms with E-state index in [0.29, 0.717) is 11.3 Å². The van der Waals surface area contributed by atoms with Crippen LogP contribution >= 0.6 is 0 Å². The molecular formula is C20H16F3N5O3. The zero-order valence-electron chi connectivity index (χ0n) is 16.2. The molecule has 0 saturated heterocycles. The lowest BCUT2D eigenvalue weighted by molar-refractivity contribution is -0.137. The molecule has 0 N–H and O–H groups in total. The number of pyridine rings is 1. The van der Waals surface area contributed by atoms with E-state index >= 15 is 0 Å². The van der Waals surface area contributed by atoms with Gasteiger partial charge >= 0.3 is 17.8 Å². The highest BCUT2D eigenvalue weighted by molar-refractivity contribution is 5.90. The average molecular weight is 431 g/mol. The molecule has 4 rings (SSSR count). The molecule has 4 aromatic rings. The number of hydrogen-bond acceptors (Lipinski definition) is 5. The molecule has 0 aliphatic heterocycles. The number of hydrogen-bond donors (Lipinski definition) is 0. The number of rotatable bonds is 5. The number of nitrogens with zero attached hydrogens (tertiary/aromatic N) is 5. The molecule has 0 fully saturated rings. The molecule has 0 unspecified atom stereocenters. The Kier molecular flexibility index (Phi) is 5.09. The predicted octanol–water partition coefficient (Wildman–Crippen LogP) is 2.87. The molecule has 0 radical (unpaired) electrons. The van der Waals surface area contributed by atoms with Crippen LogP contribution in [0.25, 0.3) is 11.3 Å². The lowest BCUT2D eigenvalue weighted by Gasteiger charge is -2.10. The Morgan fingerprint density at radius 3 is 2.71 bits per heavy atom. The smallest absolute Gasteiger partial charge is 0.416 e. The molecule has 160 valence electrons. The van der Waals surface area contributed by atoms with E-state index in [1.165, 1.54) is 32.1 Å². The maximum Gasteiger partial charge on any atom is 0.416 e. The zero-order valence-corrected chi connectivity index (χ0v) is 16.2. The van der Waals surface area contributed by atoms with Crippen LogP contribution < -0.4 is 5.69 Å². The summed E-state index contributed by atoms with van der Waals surface area (Å²) in [6.07, 6.45) is -1.68. The molecule has 8 nitrogen and oxygen atoms in total. The molecule has 0 bridgehead atoms. The molecule has 1 aromatic carbocycles. The lowest BCUT2D eigenvalue weighted by Crippen LogP contribution is -2.24. The summed E-state index contributed by atoms with van der Waals surface area (Å²) < 4.78 is 47.9. The predicted molar refractivity (Wildman–Crippen MR) is 103 cm³/mol. The van der Waals surface area contributed by atoms with Crippen molar-refractivity contribution in [2.45, 2.75) is 19.6 Å². The van der Waals surface area contributed by atoms with Gasteiger partial charge in [-0.2, -0.15) is 18.3 Å². The molecule has 3 heterocycles. The van der Waals surface area contributed by atoms with E-state index in [-0.39, 0.29) is 30.1 Å². The van der Waals surface area contributed by atoms with Crippen molar-refractivity contribution in [2.24, 2.45) is 0 Å². The third-order valence-electron chi connectivity index (χ3n) is 4.67. The normalized spacial score (nSPS) is 11.7. The fourth-order valence-corrected chi connectivity index (χ4v) is 3.10. The SMILES string of the molecule is Cc1c(C(=O)OCCn2nc3ccccn3c2=O)cnn1-c1cccc(C(F)(F)F)c1. The van der Waals surface area contributed by atoms with Gasteiger partial charge in [0.2, 0.25) is 0 Å². The summed E-state index contributed by atoms with van der Waals surface area (Å²) in [6, 6.07) is 9.76. The summed E-state index contributed by atoms with van der Waals surface area (Å²) in [6.45, 7) is 1.49. The van der Waals surface area contributed by atoms with Crippen molar-refractivity contribution in [1.29, 1.82) is 0 Å². The highest BCUT2D eigenvalue weighted by atomic mass is 19.4. The van der Waals surface area contributed by atoms with Crippen LogP contribution in [-0.2, 0) is 17.5 Å². The second-order valence-electron chi connectivity index (χ2n) is 6.67. The molecule has 0 spiro atoms. The van der Waals surface area contributed by atoms with Gasteiger partial charge in [-0.05, 0) is 37.3 Å². The maximum atomic E-state index is 13.0. The average Bonchev–Trinajstić information content (AvgIpc) is 3.28. The van der Waals surface area contributed by atoms with Crippen LogP contribution in [0, 0.1) is 6.92 Å². The van der Waals surface area contributed by atoms with Crippen LogP contribution in [0.4, 0.5) is 13.2 Å². The number of benzene rings is 1. The van der Waals surface area contributed by atoms with Crippen LogP contribution in [0.5, 0.6) is 0 Å². The molecule has 0 atom stereocenters. The van der Waals surface area contributed by atoms with Crippen molar-refractivity contribution in [3.63, 3.8) is 0 Å². The first kappa shape index (κ1) is 20.4. The van der Waals surface area contributed by atoms with E-state index in [1.807, 2.05) is 0 Å². The van der Waals surface area contributed by atoms with Gasteiger partial charge in [0.1, 0.15) is 12.2 Å². The first-order valence-electron chi connectivity index (χ1n) is 9.19. The van der Waals surface area contributed by atoms with Gasteiger partial charge in [-0.25, -0.2) is 19.0 Å².